The van der Waals surface area contributed by atoms with Crippen LogP contribution in [0.4, 0.5) is 28.9 Å². The van der Waals surface area contributed by atoms with Crippen LogP contribution in [0.15, 0.2) is 18.3 Å². The van der Waals surface area contributed by atoms with E-state index in [1.54, 1.807) is 0 Å². The number of hydrogen-bond acceptors (Lipinski definition) is 6. The first kappa shape index (κ1) is 22.1. The molecule has 3 rings (SSSR count). The number of aliphatic hydroxyl groups excluding tert-OH is 1. The SMILES string of the molecule is C[C@H](O)N1CCc2c(cn(C)c2C(=O)Nc2ccc(F)c(C(F)F)c2F)[N+](O)(O)N1. The van der Waals surface area contributed by atoms with Crippen molar-refractivity contribution in [2.75, 3.05) is 11.9 Å². The van der Waals surface area contributed by atoms with Crippen molar-refractivity contribution in [1.82, 2.24) is 20.0 Å². The molecular weight excluding hydrogens is 414 g/mol. The highest BCUT2D eigenvalue weighted by Gasteiger charge is 2.41. The van der Waals surface area contributed by atoms with E-state index in [-0.39, 0.29) is 29.9 Å². The number of anilines is 1. The van der Waals surface area contributed by atoms with E-state index in [1.165, 1.54) is 24.7 Å². The standard InChI is InChI=1S/C17H19F4N5O4/c1-8(27)25-6-5-9-12(26(29,30)23-25)7-24(2)15(9)17(28)22-11-4-3-10(18)13(14(11)19)16(20)21/h3-4,7-8,16,23,27,29-30H,5-6H2,1-2H3/p+1/t8-/m0/s1. The Kier molecular flexibility index (Phi) is 5.86. The second-order valence-corrected chi connectivity index (χ2v) is 6.81. The molecule has 0 aliphatic carbocycles. The fraction of sp³-hybridized carbons (Fsp3) is 0.353. The van der Waals surface area contributed by atoms with Gasteiger partial charge in [0, 0.05) is 13.6 Å². The summed E-state index contributed by atoms with van der Waals surface area (Å²) in [7, 11) is 1.42. The number of hydrogen-bond donors (Lipinski definition) is 5. The number of hydrazine groups is 1. The Bertz CT molecular complexity index is 980. The summed E-state index contributed by atoms with van der Waals surface area (Å²) >= 11 is 0. The molecule has 164 valence electrons. The highest BCUT2D eigenvalue weighted by atomic mass is 19.3. The first-order chi connectivity index (χ1) is 13.9. The molecule has 1 aromatic heterocycles. The zero-order valence-corrected chi connectivity index (χ0v) is 15.9. The third kappa shape index (κ3) is 3.90. The van der Waals surface area contributed by atoms with Gasteiger partial charge in [0.2, 0.25) is 5.69 Å². The van der Waals surface area contributed by atoms with E-state index >= 15 is 0 Å². The number of quaternary nitrogens is 1. The van der Waals surface area contributed by atoms with Crippen LogP contribution < -0.4 is 15.8 Å². The molecule has 1 aromatic carbocycles. The smallest absolute Gasteiger partial charge is 0.272 e. The predicted molar refractivity (Wildman–Crippen MR) is 95.3 cm³/mol. The van der Waals surface area contributed by atoms with Crippen molar-refractivity contribution >= 4 is 17.3 Å². The summed E-state index contributed by atoms with van der Waals surface area (Å²) in [4.78, 5) is 10.9. The number of carbonyl (C=O) groups excluding carboxylic acids is 1. The molecule has 1 atom stereocenters. The lowest BCUT2D eigenvalue weighted by Gasteiger charge is -2.27. The first-order valence-corrected chi connectivity index (χ1v) is 8.77. The summed E-state index contributed by atoms with van der Waals surface area (Å²) in [6.07, 6.45) is -3.22. The first-order valence-electron chi connectivity index (χ1n) is 8.77. The largest absolute Gasteiger partial charge is 0.377 e. The van der Waals surface area contributed by atoms with Gasteiger partial charge in [0.05, 0.1) is 27.9 Å². The number of aliphatic hydroxyl groups is 1. The molecule has 2 heterocycles. The summed E-state index contributed by atoms with van der Waals surface area (Å²) in [6, 6.07) is 1.42. The fourth-order valence-corrected chi connectivity index (χ4v) is 3.31. The number of nitrogens with zero attached hydrogens (tertiary/aromatic N) is 3. The highest BCUT2D eigenvalue weighted by Crippen LogP contribution is 2.33. The van der Waals surface area contributed by atoms with Gasteiger partial charge < -0.3 is 15.0 Å². The molecule has 0 saturated carbocycles. The molecule has 2 aromatic rings. The molecule has 30 heavy (non-hydrogen) atoms. The minimum atomic E-state index is -3.42. The van der Waals surface area contributed by atoms with E-state index in [2.05, 4.69) is 10.9 Å². The number of aryl methyl sites for hydroxylation is 1. The van der Waals surface area contributed by atoms with Crippen LogP contribution in [0.25, 0.3) is 0 Å². The van der Waals surface area contributed by atoms with E-state index in [9.17, 15) is 37.9 Å². The van der Waals surface area contributed by atoms with Crippen LogP contribution in [0.2, 0.25) is 0 Å². The summed E-state index contributed by atoms with van der Waals surface area (Å²) in [5, 5.41) is 33.6. The maximum atomic E-state index is 14.3. The molecule has 1 amide bonds. The van der Waals surface area contributed by atoms with Crippen molar-refractivity contribution in [2.24, 2.45) is 7.05 Å². The van der Waals surface area contributed by atoms with Crippen LogP contribution in [0.1, 0.15) is 35.0 Å². The van der Waals surface area contributed by atoms with Crippen LogP contribution in [-0.2, 0) is 13.5 Å². The number of amides is 1. The van der Waals surface area contributed by atoms with Crippen molar-refractivity contribution in [3.63, 3.8) is 0 Å². The molecule has 0 saturated heterocycles. The Morgan fingerprint density at radius 1 is 1.30 bits per heavy atom. The van der Waals surface area contributed by atoms with Gasteiger partial charge in [-0.15, -0.1) is 0 Å². The molecule has 0 fully saturated rings. The minimum absolute atomic E-state index is 0.0660. The topological polar surface area (TPSA) is 110 Å². The number of aromatic nitrogens is 1. The van der Waals surface area contributed by atoms with E-state index in [4.69, 9.17) is 0 Å². The third-order valence-corrected chi connectivity index (χ3v) is 4.73. The average molecular weight is 434 g/mol. The summed E-state index contributed by atoms with van der Waals surface area (Å²) < 4.78 is 54.8. The van der Waals surface area contributed by atoms with Crippen LogP contribution >= 0.6 is 0 Å². The van der Waals surface area contributed by atoms with Gasteiger partial charge >= 0.3 is 0 Å². The van der Waals surface area contributed by atoms with Gasteiger partial charge in [-0.05, 0) is 31.0 Å². The molecular formula is C17H20F4N5O4+. The van der Waals surface area contributed by atoms with E-state index in [1.807, 2.05) is 0 Å². The van der Waals surface area contributed by atoms with Crippen molar-refractivity contribution in [2.45, 2.75) is 26.0 Å². The molecule has 0 bridgehead atoms. The zero-order chi connectivity index (χ0) is 22.4. The Labute approximate surface area is 167 Å². The van der Waals surface area contributed by atoms with Gasteiger partial charge in [0.15, 0.2) is 5.82 Å². The Morgan fingerprint density at radius 2 is 1.97 bits per heavy atom. The van der Waals surface area contributed by atoms with Crippen LogP contribution in [0.5, 0.6) is 0 Å². The molecule has 9 nitrogen and oxygen atoms in total. The van der Waals surface area contributed by atoms with E-state index < -0.39 is 46.4 Å². The Morgan fingerprint density at radius 3 is 2.57 bits per heavy atom. The van der Waals surface area contributed by atoms with Crippen molar-refractivity contribution in [1.29, 1.82) is 0 Å². The minimum Gasteiger partial charge on any atom is -0.377 e. The van der Waals surface area contributed by atoms with Crippen molar-refractivity contribution in [3.8, 4) is 0 Å². The van der Waals surface area contributed by atoms with Crippen LogP contribution in [-0.4, -0.2) is 43.8 Å². The highest BCUT2D eigenvalue weighted by molar-refractivity contribution is 6.05. The molecule has 1 aliphatic rings. The summed E-state index contributed by atoms with van der Waals surface area (Å²) in [5.74, 6) is -3.98. The van der Waals surface area contributed by atoms with Gasteiger partial charge in [-0.1, -0.05) is 0 Å². The summed E-state index contributed by atoms with van der Waals surface area (Å²) in [6.45, 7) is 1.45. The second kappa shape index (κ2) is 7.94. The molecule has 0 unspecified atom stereocenters. The number of halogens is 4. The number of alkyl halides is 2. The monoisotopic (exact) mass is 434 g/mol. The predicted octanol–water partition coefficient (Wildman–Crippen LogP) is 2.19. The maximum Gasteiger partial charge on any atom is 0.272 e. The zero-order valence-electron chi connectivity index (χ0n) is 15.9. The third-order valence-electron chi connectivity index (χ3n) is 4.73. The van der Waals surface area contributed by atoms with Crippen LogP contribution in [0.3, 0.4) is 0 Å². The van der Waals surface area contributed by atoms with Crippen LogP contribution in [0, 0.1) is 11.6 Å². The molecule has 1 aliphatic heterocycles. The lowest BCUT2D eigenvalue weighted by molar-refractivity contribution is -0.360. The average Bonchev–Trinajstić information content (AvgIpc) is 2.91. The quantitative estimate of drug-likeness (QED) is 0.373. The lowest BCUT2D eigenvalue weighted by Crippen LogP contribution is -2.62. The number of rotatable bonds is 4. The number of benzene rings is 1. The number of fused-ring (bicyclic) bond motifs is 1. The van der Waals surface area contributed by atoms with E-state index in [0.29, 0.717) is 6.07 Å². The second-order valence-electron chi connectivity index (χ2n) is 6.81. The van der Waals surface area contributed by atoms with Gasteiger partial charge in [-0.25, -0.2) is 17.6 Å². The lowest BCUT2D eigenvalue weighted by atomic mass is 10.1. The van der Waals surface area contributed by atoms with Gasteiger partial charge in [0.25, 0.3) is 12.3 Å². The molecule has 13 heteroatoms. The van der Waals surface area contributed by atoms with Crippen molar-refractivity contribution in [3.05, 3.63) is 46.8 Å². The Balaban J connectivity index is 1.98. The normalized spacial score (nSPS) is 17.5. The number of carbonyl (C=O) groups is 1. The van der Waals surface area contributed by atoms with E-state index in [0.717, 1.165) is 11.1 Å². The molecule has 5 N–H and O–H groups in total. The Hall–Kier alpha value is -2.55. The van der Waals surface area contributed by atoms with Gasteiger partial charge in [0.1, 0.15) is 17.7 Å². The molecule has 0 radical (unpaired) electrons. The van der Waals surface area contributed by atoms with Gasteiger partial charge in [-0.3, -0.25) is 4.79 Å². The fourth-order valence-electron chi connectivity index (χ4n) is 3.31. The van der Waals surface area contributed by atoms with Crippen molar-refractivity contribution < 1.29 is 37.9 Å². The summed E-state index contributed by atoms with van der Waals surface area (Å²) in [5.41, 5.74) is 0.0758. The van der Waals surface area contributed by atoms with Gasteiger partial charge in [-0.2, -0.15) is 15.4 Å². The molecule has 0 spiro atoms. The maximum absolute atomic E-state index is 14.3. The number of nitrogens with one attached hydrogen (secondary N) is 2.